The van der Waals surface area contributed by atoms with Crippen molar-refractivity contribution in [2.45, 2.75) is 13.3 Å². The quantitative estimate of drug-likeness (QED) is 0.936. The Morgan fingerprint density at radius 1 is 1.42 bits per heavy atom. The van der Waals surface area contributed by atoms with Gasteiger partial charge in [0.05, 0.1) is 5.69 Å². The normalized spacial score (nSPS) is 10.5. The number of halogens is 3. The third kappa shape index (κ3) is 2.98. The number of aromatic nitrogens is 1. The number of amides is 1. The van der Waals surface area contributed by atoms with Crippen LogP contribution in [0.25, 0.3) is 0 Å². The van der Waals surface area contributed by atoms with Crippen molar-refractivity contribution >= 4 is 27.5 Å². The molecule has 7 heteroatoms. The highest BCUT2D eigenvalue weighted by molar-refractivity contribution is 9.10. The fourth-order valence-electron chi connectivity index (χ4n) is 1.43. The van der Waals surface area contributed by atoms with Gasteiger partial charge in [0.25, 0.3) is 5.91 Å². The van der Waals surface area contributed by atoms with Gasteiger partial charge in [-0.25, -0.2) is 8.78 Å². The summed E-state index contributed by atoms with van der Waals surface area (Å²) in [6.45, 7) is 1.85. The number of benzene rings is 1. The number of aryl methyl sites for hydroxylation is 1. The Kier molecular flexibility index (Phi) is 3.94. The second kappa shape index (κ2) is 5.48. The molecule has 0 radical (unpaired) electrons. The van der Waals surface area contributed by atoms with Gasteiger partial charge in [-0.1, -0.05) is 12.1 Å². The highest BCUT2D eigenvalue weighted by atomic mass is 79.9. The van der Waals surface area contributed by atoms with E-state index in [-0.39, 0.29) is 15.9 Å². The van der Waals surface area contributed by atoms with Crippen LogP contribution in [0.1, 0.15) is 23.2 Å². The van der Waals surface area contributed by atoms with Crippen LogP contribution >= 0.6 is 15.9 Å². The highest BCUT2D eigenvalue weighted by Crippen LogP contribution is 2.27. The van der Waals surface area contributed by atoms with Gasteiger partial charge in [-0.15, -0.1) is 0 Å². The Hall–Kier alpha value is -1.76. The lowest BCUT2D eigenvalue weighted by Crippen LogP contribution is -2.14. The van der Waals surface area contributed by atoms with Gasteiger partial charge in [-0.3, -0.25) is 4.79 Å². The summed E-state index contributed by atoms with van der Waals surface area (Å²) in [7, 11) is 0. The van der Waals surface area contributed by atoms with E-state index in [1.807, 2.05) is 6.92 Å². The summed E-state index contributed by atoms with van der Waals surface area (Å²) in [4.78, 5) is 11.8. The Bertz CT molecular complexity index is 605. The maximum absolute atomic E-state index is 13.5. The average molecular weight is 331 g/mol. The fourth-order valence-corrected chi connectivity index (χ4v) is 1.93. The molecule has 0 unspecified atom stereocenters. The largest absolute Gasteiger partial charge is 0.361 e. The highest BCUT2D eigenvalue weighted by Gasteiger charge is 2.16. The van der Waals surface area contributed by atoms with Crippen LogP contribution in [0.5, 0.6) is 0 Å². The van der Waals surface area contributed by atoms with Crippen LogP contribution in [0.15, 0.2) is 27.2 Å². The molecule has 0 aliphatic rings. The molecular weight excluding hydrogens is 322 g/mol. The van der Waals surface area contributed by atoms with Crippen LogP contribution in [-0.2, 0) is 6.42 Å². The van der Waals surface area contributed by atoms with E-state index in [4.69, 9.17) is 4.52 Å². The fraction of sp³-hybridized carbons (Fsp3) is 0.167. The zero-order valence-corrected chi connectivity index (χ0v) is 11.4. The number of nitrogens with zero attached hydrogens (tertiary/aromatic N) is 1. The van der Waals surface area contributed by atoms with Crippen molar-refractivity contribution in [3.63, 3.8) is 0 Å². The summed E-state index contributed by atoms with van der Waals surface area (Å²) >= 11 is 2.98. The first-order valence-corrected chi connectivity index (χ1v) is 6.22. The molecule has 1 aromatic heterocycles. The van der Waals surface area contributed by atoms with Gasteiger partial charge in [-0.2, -0.15) is 0 Å². The summed E-state index contributed by atoms with van der Waals surface area (Å²) in [5.74, 6) is -1.70. The second-order valence-corrected chi connectivity index (χ2v) is 4.58. The minimum Gasteiger partial charge on any atom is -0.361 e. The molecule has 0 atom stereocenters. The molecule has 100 valence electrons. The van der Waals surface area contributed by atoms with Gasteiger partial charge in [-0.05, 0) is 22.0 Å². The van der Waals surface area contributed by atoms with Gasteiger partial charge < -0.3 is 9.84 Å². The minimum atomic E-state index is -0.876. The number of carbonyl (C=O) groups excluding carboxylic acids is 1. The van der Waals surface area contributed by atoms with Gasteiger partial charge in [0.15, 0.2) is 11.5 Å². The molecule has 1 amide bonds. The van der Waals surface area contributed by atoms with E-state index in [0.29, 0.717) is 18.2 Å². The third-order valence-electron chi connectivity index (χ3n) is 2.39. The Morgan fingerprint density at radius 3 is 2.74 bits per heavy atom. The van der Waals surface area contributed by atoms with Crippen LogP contribution in [0.2, 0.25) is 0 Å². The van der Waals surface area contributed by atoms with Crippen molar-refractivity contribution in [1.29, 1.82) is 0 Å². The number of hydrogen-bond acceptors (Lipinski definition) is 3. The summed E-state index contributed by atoms with van der Waals surface area (Å²) in [5.41, 5.74) is -0.111. The molecule has 4 nitrogen and oxygen atoms in total. The topological polar surface area (TPSA) is 55.1 Å². The van der Waals surface area contributed by atoms with E-state index in [9.17, 15) is 13.6 Å². The van der Waals surface area contributed by atoms with E-state index < -0.39 is 17.5 Å². The molecule has 0 saturated heterocycles. The molecule has 1 N–H and O–H groups in total. The number of rotatable bonds is 3. The second-order valence-electron chi connectivity index (χ2n) is 3.73. The van der Waals surface area contributed by atoms with Crippen molar-refractivity contribution in [1.82, 2.24) is 5.16 Å². The Labute approximate surface area is 115 Å². The maximum atomic E-state index is 13.5. The zero-order valence-electron chi connectivity index (χ0n) is 9.84. The number of nitrogens with one attached hydrogen (secondary N) is 1. The molecule has 1 aromatic carbocycles. The lowest BCUT2D eigenvalue weighted by molar-refractivity contribution is 0.101. The first kappa shape index (κ1) is 13.7. The van der Waals surface area contributed by atoms with Crippen molar-refractivity contribution in [2.75, 3.05) is 5.32 Å². The van der Waals surface area contributed by atoms with Gasteiger partial charge >= 0.3 is 0 Å². The number of carbonyl (C=O) groups is 1. The lowest BCUT2D eigenvalue weighted by Gasteiger charge is -2.07. The predicted molar refractivity (Wildman–Crippen MR) is 67.9 cm³/mol. The van der Waals surface area contributed by atoms with Gasteiger partial charge in [0, 0.05) is 23.0 Å². The molecule has 0 fully saturated rings. The third-order valence-corrected chi connectivity index (χ3v) is 3.01. The van der Waals surface area contributed by atoms with Crippen molar-refractivity contribution in [3.8, 4) is 0 Å². The van der Waals surface area contributed by atoms with Gasteiger partial charge in [0.1, 0.15) is 11.6 Å². The van der Waals surface area contributed by atoms with E-state index >= 15 is 0 Å². The predicted octanol–water partition coefficient (Wildman–Crippen LogP) is 3.53. The molecule has 0 aliphatic carbocycles. The van der Waals surface area contributed by atoms with E-state index in [0.717, 1.165) is 6.07 Å². The van der Waals surface area contributed by atoms with Crippen molar-refractivity contribution in [2.24, 2.45) is 0 Å². The first-order valence-electron chi connectivity index (χ1n) is 5.42. The zero-order chi connectivity index (χ0) is 14.0. The van der Waals surface area contributed by atoms with Crippen molar-refractivity contribution < 1.29 is 18.1 Å². The SMILES string of the molecule is CCc1cc(C(=O)Nc2c(F)cc(F)cc2Br)no1. The van der Waals surface area contributed by atoms with Crippen LogP contribution < -0.4 is 5.32 Å². The van der Waals surface area contributed by atoms with Crippen LogP contribution in [0, 0.1) is 11.6 Å². The van der Waals surface area contributed by atoms with Crippen molar-refractivity contribution in [3.05, 3.63) is 45.8 Å². The Morgan fingerprint density at radius 2 is 2.16 bits per heavy atom. The molecule has 19 heavy (non-hydrogen) atoms. The molecule has 0 bridgehead atoms. The number of anilines is 1. The molecule has 1 heterocycles. The summed E-state index contributed by atoms with van der Waals surface area (Å²) in [6, 6.07) is 3.20. The van der Waals surface area contributed by atoms with E-state index in [1.54, 1.807) is 0 Å². The number of hydrogen-bond donors (Lipinski definition) is 1. The van der Waals surface area contributed by atoms with E-state index in [1.165, 1.54) is 6.07 Å². The maximum Gasteiger partial charge on any atom is 0.277 e. The molecule has 0 spiro atoms. The molecule has 2 rings (SSSR count). The van der Waals surface area contributed by atoms with E-state index in [2.05, 4.69) is 26.4 Å². The first-order chi connectivity index (χ1) is 9.01. The Balaban J connectivity index is 2.24. The molecular formula is C12H9BrF2N2O2. The lowest BCUT2D eigenvalue weighted by atomic mass is 10.2. The molecule has 2 aromatic rings. The smallest absolute Gasteiger partial charge is 0.277 e. The monoisotopic (exact) mass is 330 g/mol. The standard InChI is InChI=1S/C12H9BrF2N2O2/c1-2-7-5-10(17-19-7)12(18)16-11-8(13)3-6(14)4-9(11)15/h3-5H,2H2,1H3,(H,16,18). The summed E-state index contributed by atoms with van der Waals surface area (Å²) in [6.07, 6.45) is 0.592. The van der Waals surface area contributed by atoms with Crippen LogP contribution in [-0.4, -0.2) is 11.1 Å². The minimum absolute atomic E-state index is 0.0347. The van der Waals surface area contributed by atoms with Crippen LogP contribution in [0.3, 0.4) is 0 Å². The summed E-state index contributed by atoms with van der Waals surface area (Å²) < 4.78 is 31.4. The summed E-state index contributed by atoms with van der Waals surface area (Å²) in [5, 5.41) is 5.87. The molecule has 0 aliphatic heterocycles. The molecule has 0 saturated carbocycles. The van der Waals surface area contributed by atoms with Gasteiger partial charge in [0.2, 0.25) is 0 Å². The van der Waals surface area contributed by atoms with Crippen LogP contribution in [0.4, 0.5) is 14.5 Å². The average Bonchev–Trinajstić information content (AvgIpc) is 2.82.